The molecule has 0 amide bonds. The Hall–Kier alpha value is -4.44. The number of hydrogen-bond donors (Lipinski definition) is 4. The molecule has 184 valence electrons. The number of nitrogens with zero attached hydrogens (tertiary/aromatic N) is 4. The fraction of sp³-hybridized carbons (Fsp3) is 0.231. The number of ether oxygens (including phenoxy) is 1. The van der Waals surface area contributed by atoms with Crippen LogP contribution in [0, 0.1) is 0 Å². The minimum absolute atomic E-state index is 0.0788. The first-order chi connectivity index (χ1) is 17.3. The highest BCUT2D eigenvalue weighted by Crippen LogP contribution is 2.35. The second-order valence-electron chi connectivity index (χ2n) is 8.78. The smallest absolute Gasteiger partial charge is 0.307 e. The standard InChI is InChI=1S/C26H27N7O3/c1-26(35,18-6-4-3-5-7-18)22-11-21(31-25(27)32-22)20-14-29-24-19(20)10-16(12-28-24)17-13-30-33(15-17)9-8-23(34)36-2/h3-7,10-15,24,28-29,35H,8-9H2,1-2H3,(H2,27,31,32). The van der Waals surface area contributed by atoms with Gasteiger partial charge in [-0.3, -0.25) is 9.48 Å². The molecule has 5 rings (SSSR count). The summed E-state index contributed by atoms with van der Waals surface area (Å²) in [6.45, 7) is 2.13. The fourth-order valence-corrected chi connectivity index (χ4v) is 4.27. The van der Waals surface area contributed by atoms with Crippen LogP contribution in [0.15, 0.2) is 72.8 Å². The van der Waals surface area contributed by atoms with Crippen molar-refractivity contribution in [3.63, 3.8) is 0 Å². The molecule has 5 N–H and O–H groups in total. The normalized spacial score (nSPS) is 18.1. The molecule has 0 fully saturated rings. The van der Waals surface area contributed by atoms with Gasteiger partial charge in [-0.25, -0.2) is 9.97 Å². The lowest BCUT2D eigenvalue weighted by atomic mass is 9.90. The molecule has 0 bridgehead atoms. The number of rotatable bonds is 7. The molecule has 2 aromatic heterocycles. The van der Waals surface area contributed by atoms with Crippen molar-refractivity contribution in [3.05, 3.63) is 95.4 Å². The number of nitrogens with one attached hydrogen (secondary N) is 2. The minimum atomic E-state index is -1.35. The molecule has 2 aliphatic heterocycles. The molecule has 36 heavy (non-hydrogen) atoms. The number of aromatic nitrogens is 4. The third-order valence-corrected chi connectivity index (χ3v) is 6.33. The number of benzene rings is 1. The zero-order chi connectivity index (χ0) is 25.3. The van der Waals surface area contributed by atoms with Crippen LogP contribution in [-0.4, -0.2) is 44.1 Å². The molecule has 2 atom stereocenters. The summed E-state index contributed by atoms with van der Waals surface area (Å²) in [5.74, 6) is -0.202. The van der Waals surface area contributed by atoms with E-state index in [2.05, 4.69) is 31.8 Å². The van der Waals surface area contributed by atoms with Gasteiger partial charge in [0, 0.05) is 40.9 Å². The molecule has 10 nitrogen and oxygen atoms in total. The summed E-state index contributed by atoms with van der Waals surface area (Å²) in [7, 11) is 1.37. The maximum Gasteiger partial charge on any atom is 0.307 e. The summed E-state index contributed by atoms with van der Waals surface area (Å²) >= 11 is 0. The number of carbonyl (C=O) groups excluding carboxylic acids is 1. The highest BCUT2D eigenvalue weighted by Gasteiger charge is 2.31. The molecule has 2 aliphatic rings. The van der Waals surface area contributed by atoms with Crippen LogP contribution in [0.3, 0.4) is 0 Å². The summed E-state index contributed by atoms with van der Waals surface area (Å²) in [4.78, 5) is 20.2. The van der Waals surface area contributed by atoms with E-state index < -0.39 is 5.60 Å². The number of anilines is 1. The largest absolute Gasteiger partial charge is 0.469 e. The number of methoxy groups -OCH3 is 1. The van der Waals surface area contributed by atoms with E-state index in [1.807, 2.05) is 48.9 Å². The summed E-state index contributed by atoms with van der Waals surface area (Å²) in [6, 6.07) is 11.1. The van der Waals surface area contributed by atoms with Gasteiger partial charge in [-0.2, -0.15) is 5.10 Å². The molecule has 4 heterocycles. The molecule has 0 spiro atoms. The second-order valence-corrected chi connectivity index (χ2v) is 8.78. The number of nitrogen functional groups attached to an aromatic ring is 1. The zero-order valence-electron chi connectivity index (χ0n) is 20.0. The quantitative estimate of drug-likeness (QED) is 0.369. The maximum absolute atomic E-state index is 11.4. The number of aliphatic hydroxyl groups is 1. The first kappa shape index (κ1) is 23.3. The lowest BCUT2D eigenvalue weighted by Gasteiger charge is -2.24. The number of allylic oxidation sites excluding steroid dienone is 2. The van der Waals surface area contributed by atoms with Gasteiger partial charge in [-0.05, 0) is 24.6 Å². The van der Waals surface area contributed by atoms with E-state index in [9.17, 15) is 9.90 Å². The number of hydrogen-bond acceptors (Lipinski definition) is 9. The van der Waals surface area contributed by atoms with Crippen molar-refractivity contribution in [2.45, 2.75) is 31.7 Å². The summed E-state index contributed by atoms with van der Waals surface area (Å²) in [5, 5.41) is 22.3. The Balaban J connectivity index is 1.43. The Kier molecular flexibility index (Phi) is 6.03. The van der Waals surface area contributed by atoms with Gasteiger partial charge in [0.1, 0.15) is 11.8 Å². The van der Waals surface area contributed by atoms with E-state index in [0.29, 0.717) is 23.5 Å². The lowest BCUT2D eigenvalue weighted by molar-refractivity contribution is -0.140. The highest BCUT2D eigenvalue weighted by atomic mass is 16.5. The molecule has 2 unspecified atom stereocenters. The summed E-state index contributed by atoms with van der Waals surface area (Å²) in [5.41, 5.74) is 10.1. The SMILES string of the molecule is COC(=O)CCn1cc(C2=CNC3NC=C(c4cc(C(C)(O)c5ccccc5)nc(N)n4)C3=C2)cn1. The predicted molar refractivity (Wildman–Crippen MR) is 135 cm³/mol. The van der Waals surface area contributed by atoms with Crippen molar-refractivity contribution >= 4 is 23.1 Å². The zero-order valence-corrected chi connectivity index (χ0v) is 20.0. The van der Waals surface area contributed by atoms with Gasteiger partial charge in [0.2, 0.25) is 5.95 Å². The Labute approximate surface area is 208 Å². The number of carbonyl (C=O) groups is 1. The van der Waals surface area contributed by atoms with Crippen LogP contribution >= 0.6 is 0 Å². The molecular formula is C26H27N7O3. The van der Waals surface area contributed by atoms with Gasteiger partial charge in [-0.1, -0.05) is 30.3 Å². The van der Waals surface area contributed by atoms with Gasteiger partial charge in [0.05, 0.1) is 37.7 Å². The number of fused-ring (bicyclic) bond motifs is 1. The maximum atomic E-state index is 11.4. The van der Waals surface area contributed by atoms with Crippen LogP contribution in [0.5, 0.6) is 0 Å². The van der Waals surface area contributed by atoms with Crippen molar-refractivity contribution in [2.24, 2.45) is 0 Å². The van der Waals surface area contributed by atoms with E-state index in [4.69, 9.17) is 10.5 Å². The molecule has 0 aliphatic carbocycles. The number of aryl methyl sites for hydroxylation is 1. The minimum Gasteiger partial charge on any atom is -0.469 e. The van der Waals surface area contributed by atoms with Gasteiger partial charge in [0.15, 0.2) is 0 Å². The predicted octanol–water partition coefficient (Wildman–Crippen LogP) is 1.92. The summed E-state index contributed by atoms with van der Waals surface area (Å²) < 4.78 is 6.41. The topological polar surface area (TPSA) is 140 Å². The summed E-state index contributed by atoms with van der Waals surface area (Å²) in [6.07, 6.45) is 9.61. The molecule has 3 aromatic rings. The number of dihydropyridines is 1. The monoisotopic (exact) mass is 485 g/mol. The molecule has 0 saturated heterocycles. The second kappa shape index (κ2) is 9.31. The highest BCUT2D eigenvalue weighted by molar-refractivity contribution is 5.88. The third-order valence-electron chi connectivity index (χ3n) is 6.33. The Morgan fingerprint density at radius 3 is 2.78 bits per heavy atom. The lowest BCUT2D eigenvalue weighted by Crippen LogP contribution is -2.36. The number of esters is 1. The van der Waals surface area contributed by atoms with Crippen molar-refractivity contribution in [3.8, 4) is 0 Å². The van der Waals surface area contributed by atoms with Gasteiger partial charge >= 0.3 is 5.97 Å². The number of nitrogens with two attached hydrogens (primary N) is 1. The van der Waals surface area contributed by atoms with Crippen LogP contribution < -0.4 is 16.4 Å². The average molecular weight is 486 g/mol. The van der Waals surface area contributed by atoms with E-state index in [-0.39, 0.29) is 24.5 Å². The van der Waals surface area contributed by atoms with Crippen molar-refractivity contribution in [2.75, 3.05) is 12.8 Å². The molecular weight excluding hydrogens is 458 g/mol. The Morgan fingerprint density at radius 1 is 1.22 bits per heavy atom. The van der Waals surface area contributed by atoms with E-state index in [0.717, 1.165) is 22.3 Å². The van der Waals surface area contributed by atoms with E-state index in [1.54, 1.807) is 23.9 Å². The van der Waals surface area contributed by atoms with Gasteiger partial charge in [0.25, 0.3) is 0 Å². The van der Waals surface area contributed by atoms with Crippen molar-refractivity contribution in [1.29, 1.82) is 0 Å². The first-order valence-corrected chi connectivity index (χ1v) is 11.5. The van der Waals surface area contributed by atoms with Crippen LogP contribution in [-0.2, 0) is 21.7 Å². The third kappa shape index (κ3) is 4.46. The molecule has 0 radical (unpaired) electrons. The van der Waals surface area contributed by atoms with Crippen LogP contribution in [0.25, 0.3) is 11.1 Å². The average Bonchev–Trinajstić information content (AvgIpc) is 3.54. The van der Waals surface area contributed by atoms with E-state index in [1.165, 1.54) is 7.11 Å². The first-order valence-electron chi connectivity index (χ1n) is 11.5. The van der Waals surface area contributed by atoms with Gasteiger partial charge < -0.3 is 26.2 Å². The molecule has 1 aromatic carbocycles. The van der Waals surface area contributed by atoms with Crippen LogP contribution in [0.1, 0.15) is 35.9 Å². The van der Waals surface area contributed by atoms with Crippen LogP contribution in [0.2, 0.25) is 0 Å². The Morgan fingerprint density at radius 2 is 2.00 bits per heavy atom. The van der Waals surface area contributed by atoms with E-state index >= 15 is 0 Å². The van der Waals surface area contributed by atoms with Gasteiger partial charge in [-0.15, -0.1) is 0 Å². The molecule has 10 heteroatoms. The van der Waals surface area contributed by atoms with Crippen LogP contribution in [0.4, 0.5) is 5.95 Å². The van der Waals surface area contributed by atoms with Crippen molar-refractivity contribution < 1.29 is 14.6 Å². The Bertz CT molecular complexity index is 1390. The van der Waals surface area contributed by atoms with Crippen molar-refractivity contribution in [1.82, 2.24) is 30.4 Å². The fourth-order valence-electron chi connectivity index (χ4n) is 4.27. The molecule has 0 saturated carbocycles.